The second-order valence-corrected chi connectivity index (χ2v) is 8.74. The predicted octanol–water partition coefficient (Wildman–Crippen LogP) is 7.62. The Kier molecular flexibility index (Phi) is 6.46. The molecule has 0 radical (unpaired) electrons. The summed E-state index contributed by atoms with van der Waals surface area (Å²) in [6, 6.07) is 3.39. The molecule has 2 nitrogen and oxygen atoms in total. The van der Waals surface area contributed by atoms with Crippen molar-refractivity contribution in [3.63, 3.8) is 0 Å². The molecule has 2 unspecified atom stereocenters. The van der Waals surface area contributed by atoms with Crippen molar-refractivity contribution in [3.8, 4) is 0 Å². The van der Waals surface area contributed by atoms with Crippen LogP contribution in [0.25, 0.3) is 21.5 Å². The van der Waals surface area contributed by atoms with Crippen LogP contribution in [0.4, 0.5) is 39.5 Å². The van der Waals surface area contributed by atoms with Crippen molar-refractivity contribution in [2.75, 3.05) is 6.54 Å². The topological polar surface area (TPSA) is 32.3 Å². The highest BCUT2D eigenvalue weighted by molar-refractivity contribution is 6.11. The van der Waals surface area contributed by atoms with E-state index in [-0.39, 0.29) is 29.5 Å². The van der Waals surface area contributed by atoms with E-state index in [4.69, 9.17) is 0 Å². The van der Waals surface area contributed by atoms with E-state index in [9.17, 15) is 44.6 Å². The van der Waals surface area contributed by atoms with Gasteiger partial charge in [0.2, 0.25) is 0 Å². The van der Waals surface area contributed by atoms with Crippen LogP contribution in [0, 0.1) is 0 Å². The number of halogens is 9. The lowest BCUT2D eigenvalue weighted by Crippen LogP contribution is -2.35. The van der Waals surface area contributed by atoms with E-state index in [1.165, 1.54) is 0 Å². The van der Waals surface area contributed by atoms with Gasteiger partial charge in [-0.1, -0.05) is 12.5 Å². The summed E-state index contributed by atoms with van der Waals surface area (Å²) in [5.41, 5.74) is -4.55. The van der Waals surface area contributed by atoms with Crippen LogP contribution in [0.3, 0.4) is 0 Å². The van der Waals surface area contributed by atoms with Crippen LogP contribution in [-0.2, 0) is 18.5 Å². The fourth-order valence-corrected chi connectivity index (χ4v) is 4.69. The van der Waals surface area contributed by atoms with Gasteiger partial charge in [0, 0.05) is 11.4 Å². The molecule has 1 aliphatic rings. The number of fused-ring (bicyclic) bond motifs is 3. The molecule has 0 aromatic heterocycles. The SMILES string of the molecule is OC(CC1CCCCN1)c1cc2cc(C(F)(F)F)cc(C(F)(F)F)c2c2cc(C(F)(F)F)ccc12. The fourth-order valence-electron chi connectivity index (χ4n) is 4.69. The van der Waals surface area contributed by atoms with Gasteiger partial charge in [-0.15, -0.1) is 0 Å². The van der Waals surface area contributed by atoms with Gasteiger partial charge < -0.3 is 10.4 Å². The van der Waals surface area contributed by atoms with Gasteiger partial charge >= 0.3 is 18.5 Å². The Bertz CT molecular complexity index is 1240. The van der Waals surface area contributed by atoms with E-state index in [1.54, 1.807) is 0 Å². The van der Waals surface area contributed by atoms with Gasteiger partial charge in [0.15, 0.2) is 0 Å². The van der Waals surface area contributed by atoms with Crippen molar-refractivity contribution >= 4 is 21.5 Å². The lowest BCUT2D eigenvalue weighted by Gasteiger charge is -2.27. The van der Waals surface area contributed by atoms with Crippen molar-refractivity contribution in [1.82, 2.24) is 5.32 Å². The second-order valence-electron chi connectivity index (χ2n) is 8.74. The highest BCUT2D eigenvalue weighted by Gasteiger charge is 2.39. The average molecular weight is 509 g/mol. The first-order valence-electron chi connectivity index (χ1n) is 10.8. The molecule has 1 aliphatic heterocycles. The lowest BCUT2D eigenvalue weighted by atomic mass is 9.87. The Hall–Kier alpha value is -2.53. The summed E-state index contributed by atoms with van der Waals surface area (Å²) in [5, 5.41) is 12.2. The van der Waals surface area contributed by atoms with E-state index in [0.29, 0.717) is 31.2 Å². The zero-order valence-electron chi connectivity index (χ0n) is 18.0. The molecule has 3 aromatic carbocycles. The number of benzene rings is 3. The lowest BCUT2D eigenvalue weighted by molar-refractivity contribution is -0.142. The first kappa shape index (κ1) is 25.6. The van der Waals surface area contributed by atoms with Crippen molar-refractivity contribution < 1.29 is 44.6 Å². The van der Waals surface area contributed by atoms with Crippen molar-refractivity contribution in [1.29, 1.82) is 0 Å². The molecule has 1 saturated heterocycles. The van der Waals surface area contributed by atoms with E-state index in [1.807, 2.05) is 0 Å². The summed E-state index contributed by atoms with van der Waals surface area (Å²) in [7, 11) is 0. The van der Waals surface area contributed by atoms with Gasteiger partial charge in [-0.2, -0.15) is 39.5 Å². The Labute approximate surface area is 193 Å². The highest BCUT2D eigenvalue weighted by atomic mass is 19.4. The number of hydrogen-bond acceptors (Lipinski definition) is 2. The minimum atomic E-state index is -5.27. The van der Waals surface area contributed by atoms with E-state index in [0.717, 1.165) is 25.0 Å². The summed E-state index contributed by atoms with van der Waals surface area (Å²) >= 11 is 0. The Balaban J connectivity index is 2.04. The molecule has 0 spiro atoms. The molecule has 0 bridgehead atoms. The van der Waals surface area contributed by atoms with Crippen LogP contribution < -0.4 is 5.32 Å². The maximum atomic E-state index is 13.9. The van der Waals surface area contributed by atoms with Gasteiger partial charge in [0.1, 0.15) is 0 Å². The number of aliphatic hydroxyl groups is 1. The number of piperidine rings is 1. The quantitative estimate of drug-likeness (QED) is 0.281. The zero-order valence-corrected chi connectivity index (χ0v) is 18.0. The van der Waals surface area contributed by atoms with E-state index in [2.05, 4.69) is 5.32 Å². The zero-order chi connectivity index (χ0) is 25.8. The molecule has 4 rings (SSSR count). The van der Waals surface area contributed by atoms with Gasteiger partial charge in [-0.25, -0.2) is 0 Å². The number of aliphatic hydroxyl groups excluding tert-OH is 1. The normalized spacial score (nSPS) is 18.9. The molecule has 1 fully saturated rings. The minimum Gasteiger partial charge on any atom is -0.388 e. The van der Waals surface area contributed by atoms with Crippen molar-refractivity contribution in [2.24, 2.45) is 0 Å². The summed E-state index contributed by atoms with van der Waals surface area (Å²) < 4.78 is 122. The third-order valence-electron chi connectivity index (χ3n) is 6.32. The maximum Gasteiger partial charge on any atom is 0.417 e. The molecule has 0 aliphatic carbocycles. The van der Waals surface area contributed by atoms with Gasteiger partial charge in [0.25, 0.3) is 0 Å². The van der Waals surface area contributed by atoms with Gasteiger partial charge in [-0.3, -0.25) is 0 Å². The largest absolute Gasteiger partial charge is 0.417 e. The number of rotatable bonds is 3. The maximum absolute atomic E-state index is 13.9. The summed E-state index contributed by atoms with van der Waals surface area (Å²) in [6.07, 6.45) is -14.0. The van der Waals surface area contributed by atoms with Crippen molar-refractivity contribution in [2.45, 2.75) is 56.4 Å². The molecule has 0 saturated carbocycles. The highest BCUT2D eigenvalue weighted by Crippen LogP contribution is 2.45. The smallest absolute Gasteiger partial charge is 0.388 e. The number of nitrogens with one attached hydrogen (secondary N) is 1. The van der Waals surface area contributed by atoms with E-state index >= 15 is 0 Å². The van der Waals surface area contributed by atoms with Crippen LogP contribution >= 0.6 is 0 Å². The predicted molar refractivity (Wildman–Crippen MR) is 112 cm³/mol. The summed E-state index contributed by atoms with van der Waals surface area (Å²) in [4.78, 5) is 0. The number of alkyl halides is 9. The molecule has 3 aromatic rings. The molecular weight excluding hydrogens is 489 g/mol. The minimum absolute atomic E-state index is 0.0268. The van der Waals surface area contributed by atoms with Gasteiger partial charge in [-0.05, 0) is 77.9 Å². The van der Waals surface area contributed by atoms with E-state index < -0.39 is 57.5 Å². The monoisotopic (exact) mass is 509 g/mol. The average Bonchev–Trinajstić information content (AvgIpc) is 2.76. The molecule has 11 heteroatoms. The van der Waals surface area contributed by atoms with Crippen LogP contribution in [0.2, 0.25) is 0 Å². The van der Waals surface area contributed by atoms with Crippen LogP contribution in [0.15, 0.2) is 36.4 Å². The molecule has 190 valence electrons. The molecule has 2 atom stereocenters. The molecule has 0 amide bonds. The van der Waals surface area contributed by atoms with Crippen molar-refractivity contribution in [3.05, 3.63) is 58.7 Å². The Morgan fingerprint density at radius 2 is 1.49 bits per heavy atom. The van der Waals surface area contributed by atoms with Crippen LogP contribution in [0.1, 0.15) is 54.0 Å². The third-order valence-corrected chi connectivity index (χ3v) is 6.32. The van der Waals surface area contributed by atoms with Crippen LogP contribution in [-0.4, -0.2) is 17.7 Å². The molecule has 2 N–H and O–H groups in total. The summed E-state index contributed by atoms with van der Waals surface area (Å²) in [5.74, 6) is 0. The first-order chi connectivity index (χ1) is 16.2. The second kappa shape index (κ2) is 8.85. The fraction of sp³-hybridized carbons (Fsp3) is 0.417. The third kappa shape index (κ3) is 5.20. The van der Waals surface area contributed by atoms with Crippen LogP contribution in [0.5, 0.6) is 0 Å². The first-order valence-corrected chi connectivity index (χ1v) is 10.8. The molecule has 1 heterocycles. The Morgan fingerprint density at radius 1 is 0.800 bits per heavy atom. The summed E-state index contributed by atoms with van der Waals surface area (Å²) in [6.45, 7) is 0.689. The molecular formula is C24H20F9NO. The number of hydrogen-bond donors (Lipinski definition) is 2. The standard InChI is InChI=1S/C24H20F9NO/c25-22(26,27)13-4-5-16-17(20(35)11-15-3-1-2-6-34-15)8-12-7-14(23(28,29)30)10-19(24(31,32)33)21(12)18(16)9-13/h4-5,7-10,15,20,34-35H,1-3,6,11H2. The van der Waals surface area contributed by atoms with Gasteiger partial charge in [0.05, 0.1) is 22.8 Å². The Morgan fingerprint density at radius 3 is 2.06 bits per heavy atom. The molecule has 35 heavy (non-hydrogen) atoms.